The SMILES string of the molecule is CC(C)C1=Cc2ccc(-c3cccc4cccnc34)cc2C1. The van der Waals surface area contributed by atoms with E-state index in [2.05, 4.69) is 67.4 Å². The number of aromatic nitrogens is 1. The van der Waals surface area contributed by atoms with Crippen LogP contribution in [0.5, 0.6) is 0 Å². The third kappa shape index (κ3) is 2.14. The molecule has 0 aliphatic heterocycles. The van der Waals surface area contributed by atoms with Gasteiger partial charge in [0.1, 0.15) is 0 Å². The number of pyridine rings is 1. The first-order chi connectivity index (χ1) is 10.7. The van der Waals surface area contributed by atoms with Crippen LogP contribution in [-0.4, -0.2) is 4.98 Å². The Labute approximate surface area is 131 Å². The quantitative estimate of drug-likeness (QED) is 0.606. The summed E-state index contributed by atoms with van der Waals surface area (Å²) < 4.78 is 0. The summed E-state index contributed by atoms with van der Waals surface area (Å²) in [7, 11) is 0. The molecule has 0 saturated heterocycles. The Balaban J connectivity index is 1.82. The van der Waals surface area contributed by atoms with E-state index in [1.165, 1.54) is 33.2 Å². The fourth-order valence-electron chi connectivity index (χ4n) is 3.25. The van der Waals surface area contributed by atoms with Gasteiger partial charge in [-0.1, -0.05) is 68.0 Å². The number of para-hydroxylation sites is 1. The second-order valence-corrected chi connectivity index (χ2v) is 6.35. The average molecular weight is 285 g/mol. The van der Waals surface area contributed by atoms with Crippen LogP contribution in [0, 0.1) is 5.92 Å². The van der Waals surface area contributed by atoms with Gasteiger partial charge >= 0.3 is 0 Å². The number of hydrogen-bond donors (Lipinski definition) is 0. The largest absolute Gasteiger partial charge is 0.256 e. The van der Waals surface area contributed by atoms with E-state index in [4.69, 9.17) is 0 Å². The maximum Gasteiger partial charge on any atom is 0.0780 e. The number of hydrogen-bond acceptors (Lipinski definition) is 1. The van der Waals surface area contributed by atoms with Crippen molar-refractivity contribution in [3.8, 4) is 11.1 Å². The van der Waals surface area contributed by atoms with E-state index in [1.54, 1.807) is 0 Å². The van der Waals surface area contributed by atoms with Crippen molar-refractivity contribution in [2.24, 2.45) is 5.92 Å². The fourth-order valence-corrected chi connectivity index (χ4v) is 3.25. The molecule has 1 aromatic heterocycles. The van der Waals surface area contributed by atoms with Gasteiger partial charge in [0, 0.05) is 17.1 Å². The van der Waals surface area contributed by atoms with Gasteiger partial charge in [-0.05, 0) is 35.1 Å². The van der Waals surface area contributed by atoms with Crippen molar-refractivity contribution in [3.05, 3.63) is 71.4 Å². The summed E-state index contributed by atoms with van der Waals surface area (Å²) in [6.45, 7) is 4.54. The molecule has 2 aromatic carbocycles. The van der Waals surface area contributed by atoms with Gasteiger partial charge in [0.15, 0.2) is 0 Å². The number of rotatable bonds is 2. The van der Waals surface area contributed by atoms with Crippen molar-refractivity contribution in [2.75, 3.05) is 0 Å². The lowest BCUT2D eigenvalue weighted by Gasteiger charge is -2.09. The highest BCUT2D eigenvalue weighted by molar-refractivity contribution is 5.93. The smallest absolute Gasteiger partial charge is 0.0780 e. The molecule has 1 nitrogen and oxygen atoms in total. The zero-order valence-corrected chi connectivity index (χ0v) is 13.0. The van der Waals surface area contributed by atoms with Crippen LogP contribution in [0.15, 0.2) is 60.3 Å². The average Bonchev–Trinajstić information content (AvgIpc) is 2.98. The van der Waals surface area contributed by atoms with Gasteiger partial charge in [-0.15, -0.1) is 0 Å². The van der Waals surface area contributed by atoms with Crippen molar-refractivity contribution >= 4 is 17.0 Å². The maximum absolute atomic E-state index is 4.58. The monoisotopic (exact) mass is 285 g/mol. The summed E-state index contributed by atoms with van der Waals surface area (Å²) in [5.74, 6) is 0.620. The lowest BCUT2D eigenvalue weighted by atomic mass is 9.97. The van der Waals surface area contributed by atoms with E-state index in [1.807, 2.05) is 12.3 Å². The zero-order valence-electron chi connectivity index (χ0n) is 13.0. The van der Waals surface area contributed by atoms with Gasteiger partial charge in [0.25, 0.3) is 0 Å². The van der Waals surface area contributed by atoms with Crippen LogP contribution in [0.4, 0.5) is 0 Å². The first kappa shape index (κ1) is 13.3. The van der Waals surface area contributed by atoms with Crippen LogP contribution in [0.2, 0.25) is 0 Å². The Morgan fingerprint density at radius 1 is 1.00 bits per heavy atom. The lowest BCUT2D eigenvalue weighted by molar-refractivity contribution is 0.754. The minimum absolute atomic E-state index is 0.620. The molecule has 0 fully saturated rings. The molecule has 108 valence electrons. The molecule has 0 atom stereocenters. The van der Waals surface area contributed by atoms with Crippen LogP contribution in [0.1, 0.15) is 25.0 Å². The minimum Gasteiger partial charge on any atom is -0.256 e. The highest BCUT2D eigenvalue weighted by Crippen LogP contribution is 2.34. The van der Waals surface area contributed by atoms with Crippen molar-refractivity contribution < 1.29 is 0 Å². The molecule has 0 N–H and O–H groups in total. The summed E-state index contributed by atoms with van der Waals surface area (Å²) in [6, 6.07) is 17.3. The van der Waals surface area contributed by atoms with Crippen molar-refractivity contribution in [1.82, 2.24) is 4.98 Å². The van der Waals surface area contributed by atoms with Gasteiger partial charge in [-0.2, -0.15) is 0 Å². The summed E-state index contributed by atoms with van der Waals surface area (Å²) in [5, 5.41) is 1.20. The summed E-state index contributed by atoms with van der Waals surface area (Å²) in [5.41, 5.74) is 7.92. The molecule has 0 spiro atoms. The van der Waals surface area contributed by atoms with Gasteiger partial charge in [0.05, 0.1) is 5.52 Å². The molecule has 0 saturated carbocycles. The number of benzene rings is 2. The summed E-state index contributed by atoms with van der Waals surface area (Å²) >= 11 is 0. The third-order valence-electron chi connectivity index (χ3n) is 4.56. The molecule has 22 heavy (non-hydrogen) atoms. The van der Waals surface area contributed by atoms with E-state index in [0.29, 0.717) is 5.92 Å². The van der Waals surface area contributed by atoms with Gasteiger partial charge in [0.2, 0.25) is 0 Å². The number of fused-ring (bicyclic) bond motifs is 2. The summed E-state index contributed by atoms with van der Waals surface area (Å²) in [4.78, 5) is 4.58. The Hall–Kier alpha value is -2.41. The molecule has 4 rings (SSSR count). The maximum atomic E-state index is 4.58. The highest BCUT2D eigenvalue weighted by atomic mass is 14.6. The normalized spacial score (nSPS) is 13.5. The predicted octanol–water partition coefficient (Wildman–Crippen LogP) is 5.50. The highest BCUT2D eigenvalue weighted by Gasteiger charge is 2.16. The lowest BCUT2D eigenvalue weighted by Crippen LogP contribution is -1.93. The Morgan fingerprint density at radius 2 is 1.86 bits per heavy atom. The van der Waals surface area contributed by atoms with E-state index >= 15 is 0 Å². The molecule has 3 aromatic rings. The van der Waals surface area contributed by atoms with Crippen LogP contribution in [0.25, 0.3) is 28.1 Å². The molecule has 1 heterocycles. The topological polar surface area (TPSA) is 12.9 Å². The second kappa shape index (κ2) is 5.10. The molecule has 1 aliphatic carbocycles. The fraction of sp³-hybridized carbons (Fsp3) is 0.190. The zero-order chi connectivity index (χ0) is 15.1. The van der Waals surface area contributed by atoms with Gasteiger partial charge in [-0.3, -0.25) is 4.98 Å². The standard InChI is InChI=1S/C21H19N/c1-14(2)18-11-16-8-9-17(12-19(16)13-18)20-7-3-5-15-6-4-10-22-21(15)20/h3-12,14H,13H2,1-2H3. The molecule has 0 radical (unpaired) electrons. The van der Waals surface area contributed by atoms with Crippen LogP contribution >= 0.6 is 0 Å². The van der Waals surface area contributed by atoms with Gasteiger partial charge < -0.3 is 0 Å². The number of allylic oxidation sites excluding steroid dienone is 1. The number of nitrogens with zero attached hydrogens (tertiary/aromatic N) is 1. The molecular formula is C21H19N. The Bertz CT molecular complexity index is 882. The second-order valence-electron chi connectivity index (χ2n) is 6.35. The molecule has 1 aliphatic rings. The molecule has 0 unspecified atom stereocenters. The summed E-state index contributed by atoms with van der Waals surface area (Å²) in [6.07, 6.45) is 5.31. The predicted molar refractivity (Wildman–Crippen MR) is 93.7 cm³/mol. The van der Waals surface area contributed by atoms with E-state index in [9.17, 15) is 0 Å². The van der Waals surface area contributed by atoms with E-state index in [0.717, 1.165) is 11.9 Å². The van der Waals surface area contributed by atoms with Crippen molar-refractivity contribution in [3.63, 3.8) is 0 Å². The third-order valence-corrected chi connectivity index (χ3v) is 4.56. The van der Waals surface area contributed by atoms with Crippen LogP contribution in [-0.2, 0) is 6.42 Å². The molecular weight excluding hydrogens is 266 g/mol. The molecule has 0 bridgehead atoms. The van der Waals surface area contributed by atoms with Crippen LogP contribution < -0.4 is 0 Å². The van der Waals surface area contributed by atoms with E-state index in [-0.39, 0.29) is 0 Å². The van der Waals surface area contributed by atoms with Crippen molar-refractivity contribution in [2.45, 2.75) is 20.3 Å². The van der Waals surface area contributed by atoms with Crippen LogP contribution in [0.3, 0.4) is 0 Å². The Kier molecular flexibility index (Phi) is 3.07. The minimum atomic E-state index is 0.620. The van der Waals surface area contributed by atoms with Gasteiger partial charge in [-0.25, -0.2) is 0 Å². The first-order valence-corrected chi connectivity index (χ1v) is 7.90. The van der Waals surface area contributed by atoms with E-state index < -0.39 is 0 Å². The van der Waals surface area contributed by atoms with Crippen molar-refractivity contribution in [1.29, 1.82) is 0 Å². The molecule has 1 heteroatoms. The molecule has 0 amide bonds. The Morgan fingerprint density at radius 3 is 2.73 bits per heavy atom. The first-order valence-electron chi connectivity index (χ1n) is 7.90.